The van der Waals surface area contributed by atoms with E-state index in [1.54, 1.807) is 11.3 Å². The molecule has 0 saturated heterocycles. The van der Waals surface area contributed by atoms with Gasteiger partial charge in [0.05, 0.1) is 11.9 Å². The van der Waals surface area contributed by atoms with Crippen molar-refractivity contribution >= 4 is 33.2 Å². The zero-order chi connectivity index (χ0) is 11.8. The second kappa shape index (κ2) is 4.73. The Labute approximate surface area is 114 Å². The topological polar surface area (TPSA) is 20.3 Å². The summed E-state index contributed by atoms with van der Waals surface area (Å²) in [6, 6.07) is 2.71. The van der Waals surface area contributed by atoms with Crippen LogP contribution in [0.1, 0.15) is 29.7 Å². The van der Waals surface area contributed by atoms with Crippen LogP contribution in [0.3, 0.4) is 0 Å². The first-order valence-corrected chi connectivity index (χ1v) is 8.20. The van der Waals surface area contributed by atoms with E-state index in [4.69, 9.17) is 0 Å². The summed E-state index contributed by atoms with van der Waals surface area (Å²) in [4.78, 5) is 15.6. The Balaban J connectivity index is 1.87. The number of thiophene rings is 1. The van der Waals surface area contributed by atoms with Gasteiger partial charge in [-0.25, -0.2) is 0 Å². The fourth-order valence-corrected chi connectivity index (χ4v) is 4.03. The minimum Gasteiger partial charge on any atom is -0.334 e. The molecule has 2 aliphatic rings. The molecule has 92 valence electrons. The largest absolute Gasteiger partial charge is 0.334 e. The normalized spacial score (nSPS) is 24.3. The van der Waals surface area contributed by atoms with Crippen molar-refractivity contribution in [1.82, 2.24) is 4.90 Å². The number of rotatable bonds is 2. The molecular weight excluding hydrogens is 298 g/mol. The van der Waals surface area contributed by atoms with E-state index < -0.39 is 0 Å². The third-order valence-corrected chi connectivity index (χ3v) is 5.29. The summed E-state index contributed by atoms with van der Waals surface area (Å²) in [6.45, 7) is 0.832. The molecule has 0 radical (unpaired) electrons. The summed E-state index contributed by atoms with van der Waals surface area (Å²) in [5.74, 6) is 1.02. The third-order valence-electron chi connectivity index (χ3n) is 3.86. The van der Waals surface area contributed by atoms with Crippen LogP contribution >= 0.6 is 27.3 Å². The highest BCUT2D eigenvalue weighted by atomic mass is 79.9. The number of halogens is 1. The number of fused-ring (bicyclic) bond motifs is 1. The summed E-state index contributed by atoms with van der Waals surface area (Å²) in [5, 5.41) is 2.61. The van der Waals surface area contributed by atoms with Crippen LogP contribution < -0.4 is 0 Å². The number of nitrogens with zero attached hydrogens (tertiary/aromatic N) is 1. The molecule has 0 bridgehead atoms. The van der Waals surface area contributed by atoms with Crippen LogP contribution in [0.25, 0.3) is 0 Å². The molecule has 1 aliphatic heterocycles. The maximum atomic E-state index is 12.1. The van der Waals surface area contributed by atoms with Gasteiger partial charge in [-0.15, -0.1) is 11.3 Å². The van der Waals surface area contributed by atoms with E-state index in [1.807, 2.05) is 0 Å². The predicted molar refractivity (Wildman–Crippen MR) is 73.5 cm³/mol. The van der Waals surface area contributed by atoms with Crippen molar-refractivity contribution in [2.24, 2.45) is 5.92 Å². The predicted octanol–water partition coefficient (Wildman–Crippen LogP) is 3.20. The fourth-order valence-electron chi connectivity index (χ4n) is 2.78. The molecule has 1 fully saturated rings. The maximum Gasteiger partial charge on any atom is 0.233 e. The summed E-state index contributed by atoms with van der Waals surface area (Å²) in [7, 11) is 0. The van der Waals surface area contributed by atoms with Crippen LogP contribution in [0.15, 0.2) is 11.4 Å². The molecule has 1 aliphatic carbocycles. The van der Waals surface area contributed by atoms with Crippen molar-refractivity contribution in [3.63, 3.8) is 0 Å². The van der Waals surface area contributed by atoms with Crippen LogP contribution in [0.4, 0.5) is 0 Å². The number of aryl methyl sites for hydroxylation is 1. The fraction of sp³-hybridized carbons (Fsp3) is 0.615. The number of alkyl halides is 1. The molecule has 4 heteroatoms. The van der Waals surface area contributed by atoms with Crippen molar-refractivity contribution in [3.8, 4) is 0 Å². The zero-order valence-corrected chi connectivity index (χ0v) is 12.1. The van der Waals surface area contributed by atoms with Crippen LogP contribution in [0.2, 0.25) is 0 Å². The van der Waals surface area contributed by atoms with Crippen molar-refractivity contribution in [2.75, 3.05) is 5.33 Å². The van der Waals surface area contributed by atoms with E-state index >= 15 is 0 Å². The van der Waals surface area contributed by atoms with Crippen LogP contribution in [-0.4, -0.2) is 22.2 Å². The van der Waals surface area contributed by atoms with Crippen LogP contribution in [0.5, 0.6) is 0 Å². The van der Waals surface area contributed by atoms with Gasteiger partial charge in [0.25, 0.3) is 0 Å². The Hall–Kier alpha value is -0.350. The minimum atomic E-state index is 0.253. The lowest BCUT2D eigenvalue weighted by Gasteiger charge is -2.29. The average molecular weight is 314 g/mol. The van der Waals surface area contributed by atoms with Crippen molar-refractivity contribution in [2.45, 2.75) is 38.3 Å². The molecule has 2 heterocycles. The molecular formula is C13H16BrNOS. The Morgan fingerprint density at radius 2 is 2.29 bits per heavy atom. The number of hydrogen-bond donors (Lipinski definition) is 0. The second-order valence-electron chi connectivity index (χ2n) is 4.97. The molecule has 0 unspecified atom stereocenters. The molecule has 1 aromatic heterocycles. The number of amides is 1. The van der Waals surface area contributed by atoms with E-state index in [2.05, 4.69) is 32.3 Å². The van der Waals surface area contributed by atoms with Gasteiger partial charge in [-0.3, -0.25) is 4.79 Å². The lowest BCUT2D eigenvalue weighted by molar-refractivity contribution is -0.131. The lowest BCUT2D eigenvalue weighted by Crippen LogP contribution is -2.41. The van der Waals surface area contributed by atoms with Crippen molar-refractivity contribution in [1.29, 1.82) is 0 Å². The van der Waals surface area contributed by atoms with Crippen molar-refractivity contribution in [3.05, 3.63) is 21.9 Å². The molecule has 3 rings (SSSR count). The van der Waals surface area contributed by atoms with Crippen LogP contribution in [-0.2, 0) is 17.8 Å². The van der Waals surface area contributed by atoms with E-state index in [9.17, 15) is 4.79 Å². The van der Waals surface area contributed by atoms with E-state index in [-0.39, 0.29) is 5.91 Å². The van der Waals surface area contributed by atoms with Gasteiger partial charge in [0.15, 0.2) is 0 Å². The standard InChI is InChI=1S/C13H16BrNOS/c14-7-13(16)15-8-12-10(5-6-17-12)3-4-11(15)9-1-2-9/h5-6,9,11H,1-4,7-8H2/t11-/m1/s1. The smallest absolute Gasteiger partial charge is 0.233 e. The average Bonchev–Trinajstić information content (AvgIpc) is 3.11. The van der Waals surface area contributed by atoms with Crippen LogP contribution in [0, 0.1) is 5.92 Å². The first-order chi connectivity index (χ1) is 8.29. The van der Waals surface area contributed by atoms with Gasteiger partial charge in [0.1, 0.15) is 0 Å². The number of carbonyl (C=O) groups excluding carboxylic acids is 1. The molecule has 17 heavy (non-hydrogen) atoms. The highest BCUT2D eigenvalue weighted by molar-refractivity contribution is 9.09. The zero-order valence-electron chi connectivity index (χ0n) is 9.69. The van der Waals surface area contributed by atoms with Gasteiger partial charge < -0.3 is 4.90 Å². The summed E-state index contributed by atoms with van der Waals surface area (Å²) < 4.78 is 0. The molecule has 2 nitrogen and oxygen atoms in total. The van der Waals surface area contributed by atoms with Gasteiger partial charge in [0.2, 0.25) is 5.91 Å². The Morgan fingerprint density at radius 1 is 1.47 bits per heavy atom. The second-order valence-corrected chi connectivity index (χ2v) is 6.53. The lowest BCUT2D eigenvalue weighted by atomic mass is 10.0. The first kappa shape index (κ1) is 11.7. The number of hydrogen-bond acceptors (Lipinski definition) is 2. The summed E-state index contributed by atoms with van der Waals surface area (Å²) in [6.07, 6.45) is 4.91. The Kier molecular flexibility index (Phi) is 3.26. The molecule has 1 amide bonds. The highest BCUT2D eigenvalue weighted by Crippen LogP contribution is 2.40. The summed E-state index contributed by atoms with van der Waals surface area (Å²) in [5.41, 5.74) is 1.46. The molecule has 1 aromatic rings. The number of carbonyl (C=O) groups is 1. The molecule has 1 atom stereocenters. The van der Waals surface area contributed by atoms with Crippen molar-refractivity contribution < 1.29 is 4.79 Å². The van der Waals surface area contributed by atoms with E-state index in [1.165, 1.54) is 23.3 Å². The molecule has 1 saturated carbocycles. The minimum absolute atomic E-state index is 0.253. The quantitative estimate of drug-likeness (QED) is 0.768. The van der Waals surface area contributed by atoms with Gasteiger partial charge in [-0.2, -0.15) is 0 Å². The molecule has 0 spiro atoms. The van der Waals surface area contributed by atoms with E-state index in [0.29, 0.717) is 11.4 Å². The molecule has 0 aromatic carbocycles. The third kappa shape index (κ3) is 2.29. The Morgan fingerprint density at radius 3 is 3.00 bits per heavy atom. The van der Waals surface area contributed by atoms with Gasteiger partial charge in [-0.05, 0) is 48.6 Å². The van der Waals surface area contributed by atoms with E-state index in [0.717, 1.165) is 25.3 Å². The summed E-state index contributed by atoms with van der Waals surface area (Å²) >= 11 is 5.11. The Bertz CT molecular complexity index is 427. The first-order valence-electron chi connectivity index (χ1n) is 6.20. The highest BCUT2D eigenvalue weighted by Gasteiger charge is 2.38. The van der Waals surface area contributed by atoms with Gasteiger partial charge in [0, 0.05) is 10.9 Å². The monoisotopic (exact) mass is 313 g/mol. The van der Waals surface area contributed by atoms with Gasteiger partial charge >= 0.3 is 0 Å². The molecule has 0 N–H and O–H groups in total. The van der Waals surface area contributed by atoms with Gasteiger partial charge in [-0.1, -0.05) is 15.9 Å². The maximum absolute atomic E-state index is 12.1. The SMILES string of the molecule is O=C(CBr)N1Cc2sccc2CC[C@@H]1C1CC1.